The number of thiophene rings is 2. The average Bonchev–Trinajstić information content (AvgIpc) is 3.26. The summed E-state index contributed by atoms with van der Waals surface area (Å²) < 4.78 is 5.65. The van der Waals surface area contributed by atoms with Gasteiger partial charge in [0.25, 0.3) is 0 Å². The minimum absolute atomic E-state index is 0.00352. The Morgan fingerprint density at radius 1 is 1.07 bits per heavy atom. The molecule has 1 unspecified atom stereocenters. The molecule has 144 valence electrons. The van der Waals surface area contributed by atoms with Crippen molar-refractivity contribution in [1.29, 1.82) is 0 Å². The van der Waals surface area contributed by atoms with Gasteiger partial charge >= 0.3 is 5.97 Å². The van der Waals surface area contributed by atoms with Gasteiger partial charge < -0.3 is 10.1 Å². The standard InChI is InChI=1S/C18H18ClNO5S2/c1-10(18(24)15-5-3-12(26-15)9-20-11(2)21)25-17(23)8-4-13(22)14-6-7-16(19)27-14/h3,5-7,10H,4,8-9H2,1-2H3,(H,20,21). The van der Waals surface area contributed by atoms with Crippen LogP contribution in [-0.2, 0) is 20.9 Å². The number of rotatable bonds is 9. The Labute approximate surface area is 169 Å². The highest BCUT2D eigenvalue weighted by molar-refractivity contribution is 7.18. The third kappa shape index (κ3) is 6.57. The third-order valence-electron chi connectivity index (χ3n) is 3.50. The summed E-state index contributed by atoms with van der Waals surface area (Å²) in [4.78, 5) is 48.9. The molecular weight excluding hydrogens is 410 g/mol. The number of ketones is 2. The van der Waals surface area contributed by atoms with Gasteiger partial charge in [0.15, 0.2) is 11.9 Å². The predicted octanol–water partition coefficient (Wildman–Crippen LogP) is 3.88. The molecule has 27 heavy (non-hydrogen) atoms. The maximum Gasteiger partial charge on any atom is 0.306 e. The number of carbonyl (C=O) groups is 4. The molecule has 0 fully saturated rings. The van der Waals surface area contributed by atoms with Crippen molar-refractivity contribution in [3.63, 3.8) is 0 Å². The molecule has 0 aliphatic heterocycles. The molecule has 1 amide bonds. The lowest BCUT2D eigenvalue weighted by Crippen LogP contribution is -2.24. The van der Waals surface area contributed by atoms with Gasteiger partial charge in [-0.1, -0.05) is 11.6 Å². The summed E-state index contributed by atoms with van der Waals surface area (Å²) in [5.74, 6) is -1.28. The quantitative estimate of drug-likeness (QED) is 0.484. The first-order valence-corrected chi connectivity index (χ1v) is 10.1. The first-order valence-electron chi connectivity index (χ1n) is 8.11. The smallest absolute Gasteiger partial charge is 0.306 e. The van der Waals surface area contributed by atoms with Crippen molar-refractivity contribution in [2.45, 2.75) is 39.3 Å². The molecule has 1 N–H and O–H groups in total. The molecule has 0 radical (unpaired) electrons. The molecule has 6 nitrogen and oxygen atoms in total. The van der Waals surface area contributed by atoms with Crippen LogP contribution in [0.2, 0.25) is 4.34 Å². The molecule has 2 heterocycles. The highest BCUT2D eigenvalue weighted by atomic mass is 35.5. The Balaban J connectivity index is 1.82. The molecule has 0 spiro atoms. The minimum Gasteiger partial charge on any atom is -0.454 e. The summed E-state index contributed by atoms with van der Waals surface area (Å²) in [5.41, 5.74) is 0. The summed E-state index contributed by atoms with van der Waals surface area (Å²) in [7, 11) is 0. The van der Waals surface area contributed by atoms with Crippen LogP contribution >= 0.6 is 34.3 Å². The van der Waals surface area contributed by atoms with E-state index in [1.54, 1.807) is 24.3 Å². The molecule has 0 aliphatic carbocycles. The highest BCUT2D eigenvalue weighted by Gasteiger charge is 2.22. The van der Waals surface area contributed by atoms with Gasteiger partial charge in [-0.2, -0.15) is 0 Å². The van der Waals surface area contributed by atoms with E-state index in [4.69, 9.17) is 16.3 Å². The van der Waals surface area contributed by atoms with Gasteiger partial charge in [-0.05, 0) is 31.2 Å². The van der Waals surface area contributed by atoms with E-state index in [2.05, 4.69) is 5.32 Å². The van der Waals surface area contributed by atoms with Gasteiger partial charge in [0.1, 0.15) is 0 Å². The van der Waals surface area contributed by atoms with Crippen LogP contribution in [0.4, 0.5) is 0 Å². The van der Waals surface area contributed by atoms with Crippen LogP contribution < -0.4 is 5.32 Å². The zero-order valence-electron chi connectivity index (χ0n) is 14.7. The number of Topliss-reactive ketones (excluding diaryl/α,β-unsaturated/α-hetero) is 2. The SMILES string of the molecule is CC(=O)NCc1ccc(C(=O)C(C)OC(=O)CCC(=O)c2ccc(Cl)s2)s1. The number of hydrogen-bond donors (Lipinski definition) is 1. The van der Waals surface area contributed by atoms with Gasteiger partial charge in [0, 0.05) is 18.2 Å². The Hall–Kier alpha value is -2.03. The zero-order valence-corrected chi connectivity index (χ0v) is 17.1. The number of halogens is 1. The van der Waals surface area contributed by atoms with E-state index < -0.39 is 12.1 Å². The Bertz CT molecular complexity index is 858. The topological polar surface area (TPSA) is 89.5 Å². The maximum atomic E-state index is 12.4. The summed E-state index contributed by atoms with van der Waals surface area (Å²) in [6.07, 6.45) is -1.06. The summed E-state index contributed by atoms with van der Waals surface area (Å²) >= 11 is 8.18. The predicted molar refractivity (Wildman–Crippen MR) is 105 cm³/mol. The first-order chi connectivity index (χ1) is 12.8. The third-order valence-corrected chi connectivity index (χ3v) is 5.87. The fraction of sp³-hybridized carbons (Fsp3) is 0.333. The van der Waals surface area contributed by atoms with Crippen LogP contribution in [0.15, 0.2) is 24.3 Å². The zero-order chi connectivity index (χ0) is 20.0. The molecular formula is C18H18ClNO5S2. The van der Waals surface area contributed by atoms with Crippen molar-refractivity contribution in [1.82, 2.24) is 5.32 Å². The van der Waals surface area contributed by atoms with Crippen LogP contribution in [0.5, 0.6) is 0 Å². The van der Waals surface area contributed by atoms with E-state index in [0.29, 0.717) is 20.6 Å². The van der Waals surface area contributed by atoms with Crippen molar-refractivity contribution < 1.29 is 23.9 Å². The molecule has 0 saturated heterocycles. The van der Waals surface area contributed by atoms with E-state index in [0.717, 1.165) is 16.2 Å². The number of hydrogen-bond acceptors (Lipinski definition) is 7. The Morgan fingerprint density at radius 3 is 2.41 bits per heavy atom. The first kappa shape index (κ1) is 21.3. The molecule has 2 aromatic heterocycles. The molecule has 9 heteroatoms. The summed E-state index contributed by atoms with van der Waals surface area (Å²) in [5, 5.41) is 2.65. The van der Waals surface area contributed by atoms with Crippen LogP contribution in [0.1, 0.15) is 50.9 Å². The van der Waals surface area contributed by atoms with Crippen LogP contribution in [0, 0.1) is 0 Å². The fourth-order valence-corrected chi connectivity index (χ4v) is 4.11. The van der Waals surface area contributed by atoms with Crippen LogP contribution in [-0.4, -0.2) is 29.5 Å². The van der Waals surface area contributed by atoms with E-state index in [1.807, 2.05) is 0 Å². The van der Waals surface area contributed by atoms with E-state index in [-0.39, 0.29) is 30.3 Å². The van der Waals surface area contributed by atoms with Crippen molar-refractivity contribution in [3.8, 4) is 0 Å². The molecule has 1 atom stereocenters. The van der Waals surface area contributed by atoms with Gasteiger partial charge in [0.05, 0.1) is 27.1 Å². The second kappa shape index (κ2) is 9.77. The Kier molecular flexibility index (Phi) is 7.70. The Morgan fingerprint density at radius 2 is 1.78 bits per heavy atom. The van der Waals surface area contributed by atoms with Crippen molar-refractivity contribution in [3.05, 3.63) is 43.2 Å². The van der Waals surface area contributed by atoms with Gasteiger partial charge in [-0.25, -0.2) is 0 Å². The lowest BCUT2D eigenvalue weighted by molar-refractivity contribution is -0.146. The molecule has 0 bridgehead atoms. The minimum atomic E-state index is -0.948. The molecule has 0 aromatic carbocycles. The molecule has 0 saturated carbocycles. The summed E-state index contributed by atoms with van der Waals surface area (Å²) in [6, 6.07) is 6.62. The number of esters is 1. The van der Waals surface area contributed by atoms with Crippen LogP contribution in [0.25, 0.3) is 0 Å². The summed E-state index contributed by atoms with van der Waals surface area (Å²) in [6.45, 7) is 3.25. The number of ether oxygens (including phenoxy) is 1. The second-order valence-corrected chi connectivity index (χ2v) is 8.58. The second-order valence-electron chi connectivity index (χ2n) is 5.70. The van der Waals surface area contributed by atoms with E-state index >= 15 is 0 Å². The maximum absolute atomic E-state index is 12.4. The van der Waals surface area contributed by atoms with E-state index in [9.17, 15) is 19.2 Å². The van der Waals surface area contributed by atoms with Gasteiger partial charge in [0.2, 0.25) is 11.7 Å². The molecule has 2 aromatic rings. The van der Waals surface area contributed by atoms with E-state index in [1.165, 1.54) is 25.2 Å². The number of amides is 1. The van der Waals surface area contributed by atoms with Crippen molar-refractivity contribution in [2.75, 3.05) is 0 Å². The van der Waals surface area contributed by atoms with Crippen molar-refractivity contribution in [2.24, 2.45) is 0 Å². The average molecular weight is 428 g/mol. The monoisotopic (exact) mass is 427 g/mol. The van der Waals surface area contributed by atoms with Gasteiger partial charge in [-0.15, -0.1) is 22.7 Å². The normalized spacial score (nSPS) is 11.7. The van der Waals surface area contributed by atoms with Gasteiger partial charge in [-0.3, -0.25) is 19.2 Å². The largest absolute Gasteiger partial charge is 0.454 e. The molecule has 0 aliphatic rings. The molecule has 2 rings (SSSR count). The lowest BCUT2D eigenvalue weighted by Gasteiger charge is -2.11. The fourth-order valence-electron chi connectivity index (χ4n) is 2.13. The lowest BCUT2D eigenvalue weighted by atomic mass is 10.2. The number of carbonyl (C=O) groups excluding carboxylic acids is 4. The highest BCUT2D eigenvalue weighted by Crippen LogP contribution is 2.23. The number of nitrogens with one attached hydrogen (secondary N) is 1. The van der Waals surface area contributed by atoms with Crippen LogP contribution in [0.3, 0.4) is 0 Å². The van der Waals surface area contributed by atoms with Crippen molar-refractivity contribution >= 4 is 57.7 Å².